The van der Waals surface area contributed by atoms with Gasteiger partial charge in [0, 0.05) is 25.1 Å². The van der Waals surface area contributed by atoms with Crippen LogP contribution < -0.4 is 5.32 Å². The molecule has 2 N–H and O–H groups in total. The minimum atomic E-state index is -0.544. The number of hydrogen-bond acceptors (Lipinski definition) is 4. The van der Waals surface area contributed by atoms with E-state index in [2.05, 4.69) is 15.3 Å². The van der Waals surface area contributed by atoms with Crippen molar-refractivity contribution in [3.63, 3.8) is 0 Å². The van der Waals surface area contributed by atoms with Crippen LogP contribution >= 0.6 is 0 Å². The van der Waals surface area contributed by atoms with Gasteiger partial charge in [0.05, 0.1) is 11.7 Å². The summed E-state index contributed by atoms with van der Waals surface area (Å²) in [5.41, 5.74) is 0.463. The van der Waals surface area contributed by atoms with Gasteiger partial charge in [-0.05, 0) is 18.1 Å². The van der Waals surface area contributed by atoms with Gasteiger partial charge in [0.2, 0.25) is 0 Å². The molecule has 1 amide bonds. The van der Waals surface area contributed by atoms with E-state index >= 15 is 0 Å². The van der Waals surface area contributed by atoms with Crippen molar-refractivity contribution >= 4 is 5.91 Å². The van der Waals surface area contributed by atoms with Crippen LogP contribution in [0.3, 0.4) is 0 Å². The topological polar surface area (TPSA) is 80.0 Å². The second kappa shape index (κ2) is 6.29. The van der Waals surface area contributed by atoms with Gasteiger partial charge in [-0.2, -0.15) is 0 Å². The van der Waals surface area contributed by atoms with Gasteiger partial charge in [-0.1, -0.05) is 13.8 Å². The van der Waals surface area contributed by atoms with E-state index in [9.17, 15) is 9.90 Å². The molecule has 0 aliphatic rings. The summed E-state index contributed by atoms with van der Waals surface area (Å²) in [7, 11) is 0. The van der Waals surface area contributed by atoms with Crippen LogP contribution in [-0.4, -0.2) is 38.2 Å². The average Bonchev–Trinajstić information content (AvgIpc) is 2.98. The number of aromatic nitrogens is 3. The molecule has 0 aliphatic heterocycles. The van der Waals surface area contributed by atoms with Crippen molar-refractivity contribution in [3.8, 4) is 5.82 Å². The third-order valence-corrected chi connectivity index (χ3v) is 3.02. The van der Waals surface area contributed by atoms with Gasteiger partial charge < -0.3 is 10.4 Å². The molecule has 2 rings (SSSR count). The van der Waals surface area contributed by atoms with Gasteiger partial charge in [0.1, 0.15) is 12.1 Å². The standard InChI is InChI=1S/C14H18N4O2/c1-10(2)12(19)8-17-14(20)11-3-4-13(16-7-11)18-6-5-15-9-18/h3-7,9-10,12,19H,8H2,1-2H3,(H,17,20). The first-order chi connectivity index (χ1) is 9.58. The molecule has 2 aromatic heterocycles. The Labute approximate surface area is 117 Å². The van der Waals surface area contributed by atoms with E-state index < -0.39 is 6.10 Å². The second-order valence-electron chi connectivity index (χ2n) is 4.90. The Balaban J connectivity index is 1.98. The van der Waals surface area contributed by atoms with Crippen LogP contribution in [0.4, 0.5) is 0 Å². The molecule has 2 aromatic rings. The number of nitrogens with one attached hydrogen (secondary N) is 1. The first-order valence-corrected chi connectivity index (χ1v) is 6.48. The Bertz CT molecular complexity index is 549. The Morgan fingerprint density at radius 1 is 1.45 bits per heavy atom. The normalized spacial score (nSPS) is 12.4. The summed E-state index contributed by atoms with van der Waals surface area (Å²) < 4.78 is 1.75. The van der Waals surface area contributed by atoms with Gasteiger partial charge in [-0.3, -0.25) is 9.36 Å². The van der Waals surface area contributed by atoms with Gasteiger partial charge in [0.25, 0.3) is 5.91 Å². The molecule has 6 nitrogen and oxygen atoms in total. The van der Waals surface area contributed by atoms with Crippen molar-refractivity contribution in [2.75, 3.05) is 6.54 Å². The zero-order valence-corrected chi connectivity index (χ0v) is 11.5. The molecule has 0 aromatic carbocycles. The van der Waals surface area contributed by atoms with E-state index in [1.807, 2.05) is 13.8 Å². The van der Waals surface area contributed by atoms with Gasteiger partial charge in [-0.15, -0.1) is 0 Å². The largest absolute Gasteiger partial charge is 0.391 e. The number of nitrogens with zero attached hydrogens (tertiary/aromatic N) is 3. The fourth-order valence-corrected chi connectivity index (χ4v) is 1.60. The van der Waals surface area contributed by atoms with Crippen LogP contribution in [0.25, 0.3) is 5.82 Å². The van der Waals surface area contributed by atoms with E-state index in [0.717, 1.165) is 0 Å². The van der Waals surface area contributed by atoms with Gasteiger partial charge in [0.15, 0.2) is 0 Å². The fraction of sp³-hybridized carbons (Fsp3) is 0.357. The number of carbonyl (C=O) groups is 1. The van der Waals surface area contributed by atoms with Gasteiger partial charge >= 0.3 is 0 Å². The van der Waals surface area contributed by atoms with Crippen LogP contribution in [0, 0.1) is 5.92 Å². The molecule has 0 radical (unpaired) electrons. The molecule has 0 saturated heterocycles. The minimum Gasteiger partial charge on any atom is -0.391 e. The average molecular weight is 274 g/mol. The summed E-state index contributed by atoms with van der Waals surface area (Å²) in [5.74, 6) is 0.563. The predicted molar refractivity (Wildman–Crippen MR) is 74.5 cm³/mol. The molecule has 0 saturated carbocycles. The molecule has 6 heteroatoms. The van der Waals surface area contributed by atoms with Crippen molar-refractivity contribution in [2.45, 2.75) is 20.0 Å². The second-order valence-corrected chi connectivity index (χ2v) is 4.90. The highest BCUT2D eigenvalue weighted by Crippen LogP contribution is 2.06. The van der Waals surface area contributed by atoms with Crippen LogP contribution in [0.5, 0.6) is 0 Å². The summed E-state index contributed by atoms with van der Waals surface area (Å²) in [6.45, 7) is 4.04. The van der Waals surface area contributed by atoms with Crippen LogP contribution in [0.2, 0.25) is 0 Å². The number of imidazole rings is 1. The summed E-state index contributed by atoms with van der Waals surface area (Å²) in [4.78, 5) is 20.0. The van der Waals surface area contributed by atoms with Crippen molar-refractivity contribution in [2.24, 2.45) is 5.92 Å². The highest BCUT2D eigenvalue weighted by Gasteiger charge is 2.12. The summed E-state index contributed by atoms with van der Waals surface area (Å²) >= 11 is 0. The molecule has 20 heavy (non-hydrogen) atoms. The highest BCUT2D eigenvalue weighted by atomic mass is 16.3. The third-order valence-electron chi connectivity index (χ3n) is 3.02. The zero-order chi connectivity index (χ0) is 14.5. The number of hydrogen-bond donors (Lipinski definition) is 2. The lowest BCUT2D eigenvalue weighted by molar-refractivity contribution is 0.0871. The number of pyridine rings is 1. The number of carbonyl (C=O) groups excluding carboxylic acids is 1. The van der Waals surface area contributed by atoms with Gasteiger partial charge in [-0.25, -0.2) is 9.97 Å². The predicted octanol–water partition coefficient (Wildman–Crippen LogP) is 1.01. The molecular formula is C14H18N4O2. The summed E-state index contributed by atoms with van der Waals surface area (Å²) in [5, 5.41) is 12.3. The van der Waals surface area contributed by atoms with E-state index in [-0.39, 0.29) is 18.4 Å². The molecule has 0 fully saturated rings. The maximum Gasteiger partial charge on any atom is 0.252 e. The number of rotatable bonds is 5. The van der Waals surface area contributed by atoms with Crippen molar-refractivity contribution in [1.82, 2.24) is 19.9 Å². The molecule has 0 aliphatic carbocycles. The summed E-state index contributed by atoms with van der Waals surface area (Å²) in [6.07, 6.45) is 6.04. The van der Waals surface area contributed by atoms with E-state index in [1.165, 1.54) is 6.20 Å². The number of amides is 1. The maximum absolute atomic E-state index is 11.9. The molecule has 1 atom stereocenters. The lowest BCUT2D eigenvalue weighted by atomic mass is 10.1. The Morgan fingerprint density at radius 2 is 2.25 bits per heavy atom. The Hall–Kier alpha value is -2.21. The fourth-order valence-electron chi connectivity index (χ4n) is 1.60. The Kier molecular flexibility index (Phi) is 4.47. The number of aliphatic hydroxyl groups excluding tert-OH is 1. The van der Waals surface area contributed by atoms with Crippen LogP contribution in [-0.2, 0) is 0 Å². The first-order valence-electron chi connectivity index (χ1n) is 6.48. The zero-order valence-electron chi connectivity index (χ0n) is 11.5. The third kappa shape index (κ3) is 3.42. The van der Waals surface area contributed by atoms with E-state index in [4.69, 9.17) is 0 Å². The van der Waals surface area contributed by atoms with Crippen molar-refractivity contribution < 1.29 is 9.90 Å². The van der Waals surface area contributed by atoms with Crippen molar-refractivity contribution in [1.29, 1.82) is 0 Å². The van der Waals surface area contributed by atoms with Crippen LogP contribution in [0.15, 0.2) is 37.1 Å². The van der Waals surface area contributed by atoms with Crippen molar-refractivity contribution in [3.05, 3.63) is 42.6 Å². The minimum absolute atomic E-state index is 0.108. The highest BCUT2D eigenvalue weighted by molar-refractivity contribution is 5.93. The molecule has 1 unspecified atom stereocenters. The molecule has 0 spiro atoms. The Morgan fingerprint density at radius 3 is 2.80 bits per heavy atom. The SMILES string of the molecule is CC(C)C(O)CNC(=O)c1ccc(-n2ccnc2)nc1. The monoisotopic (exact) mass is 274 g/mol. The molecule has 0 bridgehead atoms. The smallest absolute Gasteiger partial charge is 0.252 e. The molecule has 106 valence electrons. The lowest BCUT2D eigenvalue weighted by Gasteiger charge is -2.15. The summed E-state index contributed by atoms with van der Waals surface area (Å²) in [6, 6.07) is 3.44. The first kappa shape index (κ1) is 14.2. The lowest BCUT2D eigenvalue weighted by Crippen LogP contribution is -2.34. The maximum atomic E-state index is 11.9. The van der Waals surface area contributed by atoms with Crippen LogP contribution in [0.1, 0.15) is 24.2 Å². The molecular weight excluding hydrogens is 256 g/mol. The van der Waals surface area contributed by atoms with E-state index in [1.54, 1.807) is 35.4 Å². The van der Waals surface area contributed by atoms with E-state index in [0.29, 0.717) is 11.4 Å². The molecule has 2 heterocycles. The number of aliphatic hydroxyl groups is 1. The quantitative estimate of drug-likeness (QED) is 0.853.